The zero-order valence-corrected chi connectivity index (χ0v) is 12.1. The van der Waals surface area contributed by atoms with E-state index in [4.69, 9.17) is 0 Å². The molecule has 0 unspecified atom stereocenters. The molecule has 1 aliphatic rings. The normalized spacial score (nSPS) is 14.6. The standard InChI is InChI=1S/C15H20N4O2/c1-11-17-8-7-14(20)19(11)10-9-18-15(21)12-5-3-4-6-13(12)16-2/h3-6,16-17H,1,7-10H2,2H3,(H,18,21). The van der Waals surface area contributed by atoms with Crippen LogP contribution in [0.2, 0.25) is 0 Å². The Morgan fingerprint density at radius 2 is 2.19 bits per heavy atom. The number of benzene rings is 1. The van der Waals surface area contributed by atoms with Gasteiger partial charge in [0, 0.05) is 38.8 Å². The number of nitrogens with one attached hydrogen (secondary N) is 3. The molecule has 1 saturated heterocycles. The van der Waals surface area contributed by atoms with Crippen LogP contribution >= 0.6 is 0 Å². The largest absolute Gasteiger partial charge is 0.387 e. The maximum atomic E-state index is 12.1. The predicted octanol–water partition coefficient (Wildman–Crippen LogP) is 0.751. The molecule has 0 spiro atoms. The lowest BCUT2D eigenvalue weighted by atomic mass is 10.1. The van der Waals surface area contributed by atoms with Gasteiger partial charge in [0.05, 0.1) is 5.56 Å². The fourth-order valence-corrected chi connectivity index (χ4v) is 2.23. The molecule has 0 atom stereocenters. The van der Waals surface area contributed by atoms with Crippen LogP contribution in [0.25, 0.3) is 0 Å². The molecule has 1 fully saturated rings. The maximum Gasteiger partial charge on any atom is 0.253 e. The molecule has 112 valence electrons. The van der Waals surface area contributed by atoms with E-state index in [9.17, 15) is 9.59 Å². The SMILES string of the molecule is C=C1NCCC(=O)N1CCNC(=O)c1ccccc1NC. The summed E-state index contributed by atoms with van der Waals surface area (Å²) in [6, 6.07) is 7.28. The van der Waals surface area contributed by atoms with Crippen molar-refractivity contribution in [1.29, 1.82) is 0 Å². The number of nitrogens with zero attached hydrogens (tertiary/aromatic N) is 1. The van der Waals surface area contributed by atoms with Crippen LogP contribution in [0.3, 0.4) is 0 Å². The van der Waals surface area contributed by atoms with Gasteiger partial charge in [0.25, 0.3) is 5.91 Å². The molecule has 1 aromatic rings. The van der Waals surface area contributed by atoms with E-state index in [1.165, 1.54) is 0 Å². The van der Waals surface area contributed by atoms with Gasteiger partial charge in [-0.3, -0.25) is 14.5 Å². The van der Waals surface area contributed by atoms with Gasteiger partial charge in [-0.25, -0.2) is 0 Å². The van der Waals surface area contributed by atoms with Crippen LogP contribution in [0.4, 0.5) is 5.69 Å². The van der Waals surface area contributed by atoms with E-state index in [0.717, 1.165) is 5.69 Å². The molecule has 21 heavy (non-hydrogen) atoms. The third-order valence-corrected chi connectivity index (χ3v) is 3.36. The topological polar surface area (TPSA) is 73.5 Å². The second-order valence-corrected chi connectivity index (χ2v) is 4.72. The predicted molar refractivity (Wildman–Crippen MR) is 81.8 cm³/mol. The molecule has 1 aromatic carbocycles. The van der Waals surface area contributed by atoms with Crippen molar-refractivity contribution in [3.8, 4) is 0 Å². The van der Waals surface area contributed by atoms with Crippen molar-refractivity contribution in [3.63, 3.8) is 0 Å². The number of anilines is 1. The molecule has 2 amide bonds. The molecule has 0 aromatic heterocycles. The zero-order chi connectivity index (χ0) is 15.2. The van der Waals surface area contributed by atoms with E-state index in [-0.39, 0.29) is 11.8 Å². The highest BCUT2D eigenvalue weighted by Crippen LogP contribution is 2.13. The molecule has 0 radical (unpaired) electrons. The molecule has 2 rings (SSSR count). The number of carbonyl (C=O) groups is 2. The maximum absolute atomic E-state index is 12.1. The Balaban J connectivity index is 1.89. The first kappa shape index (κ1) is 14.9. The molecule has 1 heterocycles. The van der Waals surface area contributed by atoms with Gasteiger partial charge in [-0.2, -0.15) is 0 Å². The minimum Gasteiger partial charge on any atom is -0.387 e. The monoisotopic (exact) mass is 288 g/mol. The van der Waals surface area contributed by atoms with Crippen LogP contribution in [0.5, 0.6) is 0 Å². The van der Waals surface area contributed by atoms with Crippen LogP contribution in [0, 0.1) is 0 Å². The van der Waals surface area contributed by atoms with Crippen molar-refractivity contribution in [2.24, 2.45) is 0 Å². The zero-order valence-electron chi connectivity index (χ0n) is 12.1. The van der Waals surface area contributed by atoms with Crippen LogP contribution in [-0.4, -0.2) is 43.4 Å². The summed E-state index contributed by atoms with van der Waals surface area (Å²) in [4.78, 5) is 25.5. The van der Waals surface area contributed by atoms with E-state index >= 15 is 0 Å². The van der Waals surface area contributed by atoms with Gasteiger partial charge in [0.1, 0.15) is 5.82 Å². The number of amides is 2. The van der Waals surface area contributed by atoms with Gasteiger partial charge in [0.15, 0.2) is 0 Å². The second-order valence-electron chi connectivity index (χ2n) is 4.72. The lowest BCUT2D eigenvalue weighted by Crippen LogP contribution is -2.46. The highest BCUT2D eigenvalue weighted by molar-refractivity contribution is 5.99. The first-order valence-corrected chi connectivity index (χ1v) is 6.91. The molecule has 0 aliphatic carbocycles. The molecule has 0 saturated carbocycles. The Hall–Kier alpha value is -2.50. The van der Waals surface area contributed by atoms with Crippen molar-refractivity contribution in [2.45, 2.75) is 6.42 Å². The number of para-hydroxylation sites is 1. The third kappa shape index (κ3) is 3.53. The van der Waals surface area contributed by atoms with E-state index in [1.54, 1.807) is 18.0 Å². The van der Waals surface area contributed by atoms with E-state index in [1.807, 2.05) is 18.2 Å². The molecule has 3 N–H and O–H groups in total. The summed E-state index contributed by atoms with van der Waals surface area (Å²) >= 11 is 0. The van der Waals surface area contributed by atoms with Crippen molar-refractivity contribution in [1.82, 2.24) is 15.5 Å². The van der Waals surface area contributed by atoms with Gasteiger partial charge >= 0.3 is 0 Å². The van der Waals surface area contributed by atoms with Crippen molar-refractivity contribution in [3.05, 3.63) is 42.2 Å². The van der Waals surface area contributed by atoms with Gasteiger partial charge in [0.2, 0.25) is 5.91 Å². The summed E-state index contributed by atoms with van der Waals surface area (Å²) in [5.74, 6) is 0.461. The van der Waals surface area contributed by atoms with E-state index in [2.05, 4.69) is 22.5 Å². The van der Waals surface area contributed by atoms with Gasteiger partial charge in [-0.1, -0.05) is 18.7 Å². The lowest BCUT2D eigenvalue weighted by molar-refractivity contribution is -0.130. The minimum absolute atomic E-state index is 0.0311. The second kappa shape index (κ2) is 6.78. The lowest BCUT2D eigenvalue weighted by Gasteiger charge is -2.29. The van der Waals surface area contributed by atoms with Gasteiger partial charge < -0.3 is 16.0 Å². The molecular formula is C15H20N4O2. The van der Waals surface area contributed by atoms with Crippen LogP contribution in [-0.2, 0) is 4.79 Å². The van der Waals surface area contributed by atoms with Gasteiger partial charge in [-0.15, -0.1) is 0 Å². The fourth-order valence-electron chi connectivity index (χ4n) is 2.23. The number of hydrogen-bond acceptors (Lipinski definition) is 4. The highest BCUT2D eigenvalue weighted by Gasteiger charge is 2.20. The summed E-state index contributed by atoms with van der Waals surface area (Å²) in [7, 11) is 1.77. The molecule has 6 heteroatoms. The first-order valence-electron chi connectivity index (χ1n) is 6.91. The van der Waals surface area contributed by atoms with Crippen molar-refractivity contribution >= 4 is 17.5 Å². The Morgan fingerprint density at radius 1 is 1.43 bits per heavy atom. The average Bonchev–Trinajstić information content (AvgIpc) is 2.50. The Bertz CT molecular complexity index is 540. The smallest absolute Gasteiger partial charge is 0.253 e. The van der Waals surface area contributed by atoms with Crippen molar-refractivity contribution < 1.29 is 9.59 Å². The first-order chi connectivity index (χ1) is 10.1. The Kier molecular flexibility index (Phi) is 4.81. The molecule has 0 bridgehead atoms. The summed E-state index contributed by atoms with van der Waals surface area (Å²) in [6.07, 6.45) is 0.454. The van der Waals surface area contributed by atoms with Crippen molar-refractivity contribution in [2.75, 3.05) is 32.0 Å². The van der Waals surface area contributed by atoms with Crippen LogP contribution in [0.1, 0.15) is 16.8 Å². The summed E-state index contributed by atoms with van der Waals surface area (Å²) < 4.78 is 0. The summed E-state index contributed by atoms with van der Waals surface area (Å²) in [5.41, 5.74) is 1.36. The molecule has 1 aliphatic heterocycles. The molecular weight excluding hydrogens is 268 g/mol. The molecule has 6 nitrogen and oxygen atoms in total. The van der Waals surface area contributed by atoms with Gasteiger partial charge in [-0.05, 0) is 12.1 Å². The fraction of sp³-hybridized carbons (Fsp3) is 0.333. The Morgan fingerprint density at radius 3 is 2.90 bits per heavy atom. The highest BCUT2D eigenvalue weighted by atomic mass is 16.2. The summed E-state index contributed by atoms with van der Waals surface area (Å²) in [5, 5.41) is 8.84. The number of hydrogen-bond donors (Lipinski definition) is 3. The average molecular weight is 288 g/mol. The van der Waals surface area contributed by atoms with Crippen LogP contribution < -0.4 is 16.0 Å². The van der Waals surface area contributed by atoms with E-state index < -0.39 is 0 Å². The Labute approximate surface area is 124 Å². The number of carbonyl (C=O) groups excluding carboxylic acids is 2. The minimum atomic E-state index is -0.164. The van der Waals surface area contributed by atoms with E-state index in [0.29, 0.717) is 37.4 Å². The number of rotatable bonds is 5. The summed E-state index contributed by atoms with van der Waals surface area (Å²) in [6.45, 7) is 5.21. The van der Waals surface area contributed by atoms with Crippen LogP contribution in [0.15, 0.2) is 36.7 Å². The quantitative estimate of drug-likeness (QED) is 0.747. The third-order valence-electron chi connectivity index (χ3n) is 3.36.